The molecule has 1 aliphatic rings. The molecule has 1 aromatic rings. The second kappa shape index (κ2) is 7.82. The Morgan fingerprint density at radius 1 is 1.29 bits per heavy atom. The van der Waals surface area contributed by atoms with Crippen molar-refractivity contribution in [2.75, 3.05) is 13.6 Å². The third-order valence-electron chi connectivity index (χ3n) is 4.66. The number of hydrogen-bond acceptors (Lipinski definition) is 3. The minimum atomic E-state index is -3.63. The van der Waals surface area contributed by atoms with Crippen LogP contribution in [0.5, 0.6) is 0 Å². The van der Waals surface area contributed by atoms with Gasteiger partial charge in [0, 0.05) is 18.7 Å². The highest BCUT2D eigenvalue weighted by Gasteiger charge is 2.28. The quantitative estimate of drug-likeness (QED) is 0.830. The first-order valence-electron chi connectivity index (χ1n) is 8.17. The third kappa shape index (κ3) is 4.16. The number of carbonyl (C=O) groups is 1. The smallest absolute Gasteiger partial charge is 0.253 e. The molecule has 1 aromatic carbocycles. The Morgan fingerprint density at radius 3 is 2.50 bits per heavy atom. The number of benzene rings is 1. The lowest BCUT2D eigenvalue weighted by Crippen LogP contribution is -2.42. The standard InChI is InChI=1S/C18H24N2O3S/c1-4-13-19-24(22,23)16-11-9-15(10-12-16)18(21)20(3)17-8-6-5-7-14(17)2/h1,9-12,14,17,19H,5-8,13H2,2-3H3. The van der Waals surface area contributed by atoms with Crippen LogP contribution in [0.2, 0.25) is 0 Å². The zero-order valence-electron chi connectivity index (χ0n) is 14.2. The van der Waals surface area contributed by atoms with Gasteiger partial charge in [-0.1, -0.05) is 25.7 Å². The molecule has 0 bridgehead atoms. The van der Waals surface area contributed by atoms with Crippen molar-refractivity contribution in [1.29, 1.82) is 0 Å². The second-order valence-electron chi connectivity index (χ2n) is 6.30. The van der Waals surface area contributed by atoms with Gasteiger partial charge in [-0.2, -0.15) is 4.72 Å². The largest absolute Gasteiger partial charge is 0.338 e. The molecule has 1 fully saturated rings. The van der Waals surface area contributed by atoms with E-state index < -0.39 is 10.0 Å². The van der Waals surface area contributed by atoms with Crippen LogP contribution in [0.15, 0.2) is 29.2 Å². The number of nitrogens with zero attached hydrogens (tertiary/aromatic N) is 1. The fraction of sp³-hybridized carbons (Fsp3) is 0.500. The maximum Gasteiger partial charge on any atom is 0.253 e. The first-order valence-corrected chi connectivity index (χ1v) is 9.65. The van der Waals surface area contributed by atoms with E-state index in [-0.39, 0.29) is 23.4 Å². The van der Waals surface area contributed by atoms with Crippen LogP contribution >= 0.6 is 0 Å². The molecule has 2 rings (SSSR count). The molecule has 1 N–H and O–H groups in total. The number of rotatable bonds is 5. The van der Waals surface area contributed by atoms with Gasteiger partial charge in [-0.15, -0.1) is 6.42 Å². The summed E-state index contributed by atoms with van der Waals surface area (Å²) in [6.45, 7) is 2.12. The van der Waals surface area contributed by atoms with E-state index in [1.165, 1.54) is 18.6 Å². The Hall–Kier alpha value is -1.84. The van der Waals surface area contributed by atoms with Crippen LogP contribution in [0, 0.1) is 18.3 Å². The zero-order chi connectivity index (χ0) is 17.7. The zero-order valence-corrected chi connectivity index (χ0v) is 15.0. The van der Waals surface area contributed by atoms with Gasteiger partial charge in [0.05, 0.1) is 11.4 Å². The SMILES string of the molecule is C#CCNS(=O)(=O)c1ccc(C(=O)N(C)C2CCCCC2C)cc1. The summed E-state index contributed by atoms with van der Waals surface area (Å²) < 4.78 is 26.3. The molecule has 1 aliphatic carbocycles. The minimum Gasteiger partial charge on any atom is -0.338 e. The van der Waals surface area contributed by atoms with Gasteiger partial charge in [-0.05, 0) is 43.0 Å². The van der Waals surface area contributed by atoms with Crippen LogP contribution in [0.1, 0.15) is 43.0 Å². The van der Waals surface area contributed by atoms with Crippen LogP contribution in [0.4, 0.5) is 0 Å². The van der Waals surface area contributed by atoms with Crippen molar-refractivity contribution in [3.63, 3.8) is 0 Å². The molecule has 1 saturated carbocycles. The maximum atomic E-state index is 12.7. The predicted octanol–water partition coefficient (Wildman–Crippen LogP) is 2.25. The average molecular weight is 348 g/mol. The summed E-state index contributed by atoms with van der Waals surface area (Å²) >= 11 is 0. The van der Waals surface area contributed by atoms with E-state index in [0.29, 0.717) is 11.5 Å². The molecule has 0 aliphatic heterocycles. The van der Waals surface area contributed by atoms with Crippen molar-refractivity contribution < 1.29 is 13.2 Å². The average Bonchev–Trinajstić information content (AvgIpc) is 2.59. The fourth-order valence-electron chi connectivity index (χ4n) is 3.22. The first-order chi connectivity index (χ1) is 11.4. The molecule has 0 spiro atoms. The number of hydrogen-bond donors (Lipinski definition) is 1. The predicted molar refractivity (Wildman–Crippen MR) is 94.0 cm³/mol. The molecule has 2 unspecified atom stereocenters. The van der Waals surface area contributed by atoms with Gasteiger partial charge in [0.2, 0.25) is 10.0 Å². The van der Waals surface area contributed by atoms with Crippen molar-refractivity contribution in [2.24, 2.45) is 5.92 Å². The van der Waals surface area contributed by atoms with Crippen molar-refractivity contribution in [3.05, 3.63) is 29.8 Å². The molecule has 5 nitrogen and oxygen atoms in total. The summed E-state index contributed by atoms with van der Waals surface area (Å²) in [6.07, 6.45) is 9.59. The van der Waals surface area contributed by atoms with E-state index in [0.717, 1.165) is 19.3 Å². The highest BCUT2D eigenvalue weighted by Crippen LogP contribution is 2.28. The van der Waals surface area contributed by atoms with Crippen LogP contribution in [-0.4, -0.2) is 38.9 Å². The van der Waals surface area contributed by atoms with Gasteiger partial charge in [0.1, 0.15) is 0 Å². The lowest BCUT2D eigenvalue weighted by molar-refractivity contribution is 0.0629. The van der Waals surface area contributed by atoms with Gasteiger partial charge >= 0.3 is 0 Å². The summed E-state index contributed by atoms with van der Waals surface area (Å²) in [5.41, 5.74) is 0.492. The van der Waals surface area contributed by atoms with Gasteiger partial charge in [-0.25, -0.2) is 8.42 Å². The summed E-state index contributed by atoms with van der Waals surface area (Å²) in [5.74, 6) is 2.64. The Bertz CT molecular complexity index is 720. The lowest BCUT2D eigenvalue weighted by atomic mass is 9.85. The minimum absolute atomic E-state index is 0.0642. The van der Waals surface area contributed by atoms with Crippen LogP contribution in [-0.2, 0) is 10.0 Å². The number of nitrogens with one attached hydrogen (secondary N) is 1. The highest BCUT2D eigenvalue weighted by atomic mass is 32.2. The molecule has 0 heterocycles. The Kier molecular flexibility index (Phi) is 6.03. The van der Waals surface area contributed by atoms with Crippen molar-refractivity contribution in [3.8, 4) is 12.3 Å². The molecule has 24 heavy (non-hydrogen) atoms. The van der Waals surface area contributed by atoms with Crippen molar-refractivity contribution >= 4 is 15.9 Å². The molecule has 0 aromatic heterocycles. The summed E-state index contributed by atoms with van der Waals surface area (Å²) in [5, 5.41) is 0. The van der Waals surface area contributed by atoms with Crippen LogP contribution in [0.25, 0.3) is 0 Å². The second-order valence-corrected chi connectivity index (χ2v) is 8.07. The van der Waals surface area contributed by atoms with E-state index >= 15 is 0 Å². The fourth-order valence-corrected chi connectivity index (χ4v) is 4.16. The highest BCUT2D eigenvalue weighted by molar-refractivity contribution is 7.89. The Morgan fingerprint density at radius 2 is 1.92 bits per heavy atom. The summed E-state index contributed by atoms with van der Waals surface area (Å²) in [7, 11) is -1.80. The molecule has 0 saturated heterocycles. The molecular formula is C18H24N2O3S. The Labute approximate surface area is 144 Å². The van der Waals surface area contributed by atoms with E-state index in [1.807, 2.05) is 7.05 Å². The Balaban J connectivity index is 2.12. The summed E-state index contributed by atoms with van der Waals surface area (Å²) in [4.78, 5) is 14.6. The number of carbonyl (C=O) groups excluding carboxylic acids is 1. The number of sulfonamides is 1. The van der Waals surface area contributed by atoms with E-state index in [1.54, 1.807) is 17.0 Å². The molecule has 2 atom stereocenters. The number of terminal acetylenes is 1. The monoisotopic (exact) mass is 348 g/mol. The normalized spacial score (nSPS) is 21.0. The van der Waals surface area contributed by atoms with Gasteiger partial charge in [-0.3, -0.25) is 4.79 Å². The molecule has 6 heteroatoms. The lowest BCUT2D eigenvalue weighted by Gasteiger charge is -2.36. The van der Waals surface area contributed by atoms with Gasteiger partial charge in [0.25, 0.3) is 5.91 Å². The van der Waals surface area contributed by atoms with E-state index in [9.17, 15) is 13.2 Å². The maximum absolute atomic E-state index is 12.7. The third-order valence-corrected chi connectivity index (χ3v) is 6.08. The van der Waals surface area contributed by atoms with Crippen LogP contribution < -0.4 is 4.72 Å². The first kappa shape index (κ1) is 18.5. The molecular weight excluding hydrogens is 324 g/mol. The van der Waals surface area contributed by atoms with Crippen molar-refractivity contribution in [2.45, 2.75) is 43.5 Å². The topological polar surface area (TPSA) is 66.5 Å². The molecule has 0 radical (unpaired) electrons. The molecule has 130 valence electrons. The van der Waals surface area contributed by atoms with E-state index in [4.69, 9.17) is 6.42 Å². The number of amides is 1. The summed E-state index contributed by atoms with van der Waals surface area (Å²) in [6, 6.07) is 6.22. The van der Waals surface area contributed by atoms with Crippen LogP contribution in [0.3, 0.4) is 0 Å². The van der Waals surface area contributed by atoms with E-state index in [2.05, 4.69) is 17.6 Å². The molecule has 1 amide bonds. The van der Waals surface area contributed by atoms with Crippen molar-refractivity contribution in [1.82, 2.24) is 9.62 Å². The van der Waals surface area contributed by atoms with Gasteiger partial charge in [0.15, 0.2) is 0 Å². The van der Waals surface area contributed by atoms with Gasteiger partial charge < -0.3 is 4.90 Å².